The predicted molar refractivity (Wildman–Crippen MR) is 91.5 cm³/mol. The molecule has 0 fully saturated rings. The predicted octanol–water partition coefficient (Wildman–Crippen LogP) is 3.64. The summed E-state index contributed by atoms with van der Waals surface area (Å²) in [7, 11) is 1.47. The number of carbonyl (C=O) groups is 1. The quantitative estimate of drug-likeness (QED) is 0.700. The molecule has 134 valence electrons. The van der Waals surface area contributed by atoms with Crippen molar-refractivity contribution in [1.82, 2.24) is 15.0 Å². The van der Waals surface area contributed by atoms with Crippen LogP contribution in [-0.2, 0) is 6.42 Å². The maximum atomic E-state index is 13.7. The maximum Gasteiger partial charge on any atom is 0.259 e. The zero-order valence-electron chi connectivity index (χ0n) is 14.4. The molecule has 0 saturated heterocycles. The van der Waals surface area contributed by atoms with Gasteiger partial charge in [-0.1, -0.05) is 28.9 Å². The summed E-state index contributed by atoms with van der Waals surface area (Å²) in [6, 6.07) is 11.0. The Hall–Kier alpha value is -3.09. The molecule has 0 bridgehead atoms. The summed E-state index contributed by atoms with van der Waals surface area (Å²) in [4.78, 5) is 17.8. The Kier molecular flexibility index (Phi) is 5.06. The van der Waals surface area contributed by atoms with Crippen LogP contribution in [0.2, 0.25) is 0 Å². The number of rotatable bonds is 5. The van der Waals surface area contributed by atoms with Crippen molar-refractivity contribution < 1.29 is 18.1 Å². The van der Waals surface area contributed by atoms with Gasteiger partial charge in [0.2, 0.25) is 0 Å². The van der Waals surface area contributed by atoms with E-state index in [0.717, 1.165) is 23.3 Å². The zero-order chi connectivity index (χ0) is 18.7. The molecule has 5 nitrogen and oxygen atoms in total. The number of aryl methyl sites for hydroxylation is 1. The van der Waals surface area contributed by atoms with Crippen molar-refractivity contribution in [2.45, 2.75) is 13.3 Å². The molecule has 2 aromatic carbocycles. The second kappa shape index (κ2) is 7.43. The molecule has 0 aliphatic carbocycles. The van der Waals surface area contributed by atoms with Crippen molar-refractivity contribution >= 4 is 5.91 Å². The summed E-state index contributed by atoms with van der Waals surface area (Å²) in [5.74, 6) is -1.71. The van der Waals surface area contributed by atoms with Gasteiger partial charge in [0.05, 0.1) is 0 Å². The standard InChI is InChI=1S/C19H17F2N3O2/c1-12-6-8-13(9-7-12)18-22-16(23-26-18)10-11-24(2)19(25)17-14(20)4-3-5-15(17)21/h3-9H,10-11H2,1-2H3. The fourth-order valence-corrected chi connectivity index (χ4v) is 2.43. The van der Waals surface area contributed by atoms with E-state index in [9.17, 15) is 13.6 Å². The van der Waals surface area contributed by atoms with Gasteiger partial charge in [-0.05, 0) is 31.2 Å². The Morgan fingerprint density at radius 1 is 1.12 bits per heavy atom. The number of amides is 1. The van der Waals surface area contributed by atoms with E-state index in [-0.39, 0.29) is 6.54 Å². The lowest BCUT2D eigenvalue weighted by Gasteiger charge is -2.16. The third-order valence-corrected chi connectivity index (χ3v) is 3.96. The molecule has 0 saturated carbocycles. The Morgan fingerprint density at radius 3 is 2.42 bits per heavy atom. The second-order valence-corrected chi connectivity index (χ2v) is 5.96. The molecule has 0 spiro atoms. The second-order valence-electron chi connectivity index (χ2n) is 5.96. The molecule has 7 heteroatoms. The molecule has 0 radical (unpaired) electrons. The molecule has 0 N–H and O–H groups in total. The Labute approximate surface area is 149 Å². The van der Waals surface area contributed by atoms with E-state index in [4.69, 9.17) is 4.52 Å². The molecule has 0 unspecified atom stereocenters. The number of aromatic nitrogens is 2. The van der Waals surface area contributed by atoms with E-state index in [2.05, 4.69) is 10.1 Å². The van der Waals surface area contributed by atoms with Crippen LogP contribution in [0.1, 0.15) is 21.7 Å². The lowest BCUT2D eigenvalue weighted by molar-refractivity contribution is 0.0786. The van der Waals surface area contributed by atoms with Crippen LogP contribution in [0.5, 0.6) is 0 Å². The van der Waals surface area contributed by atoms with Gasteiger partial charge in [0.15, 0.2) is 5.82 Å². The first kappa shape index (κ1) is 17.7. The normalized spacial score (nSPS) is 10.8. The number of hydrogen-bond donors (Lipinski definition) is 0. The summed E-state index contributed by atoms with van der Waals surface area (Å²) < 4.78 is 32.7. The minimum atomic E-state index is -0.886. The summed E-state index contributed by atoms with van der Waals surface area (Å²) >= 11 is 0. The van der Waals surface area contributed by atoms with Gasteiger partial charge in [-0.25, -0.2) is 8.78 Å². The first-order chi connectivity index (χ1) is 12.5. The van der Waals surface area contributed by atoms with E-state index < -0.39 is 23.1 Å². The van der Waals surface area contributed by atoms with Crippen LogP contribution in [0.15, 0.2) is 47.0 Å². The number of hydrogen-bond acceptors (Lipinski definition) is 4. The zero-order valence-corrected chi connectivity index (χ0v) is 14.4. The van der Waals surface area contributed by atoms with E-state index in [1.54, 1.807) is 0 Å². The highest BCUT2D eigenvalue weighted by atomic mass is 19.1. The summed E-state index contributed by atoms with van der Waals surface area (Å²) in [5.41, 5.74) is 1.35. The molecule has 3 rings (SSSR count). The highest BCUT2D eigenvalue weighted by Crippen LogP contribution is 2.18. The Balaban J connectivity index is 1.66. The van der Waals surface area contributed by atoms with Gasteiger partial charge in [0.25, 0.3) is 11.8 Å². The molecule has 3 aromatic rings. The van der Waals surface area contributed by atoms with Crippen LogP contribution in [0, 0.1) is 18.6 Å². The van der Waals surface area contributed by atoms with Gasteiger partial charge in [-0.15, -0.1) is 0 Å². The lowest BCUT2D eigenvalue weighted by atomic mass is 10.1. The average Bonchev–Trinajstić information content (AvgIpc) is 3.09. The van der Waals surface area contributed by atoms with Crippen LogP contribution in [0.25, 0.3) is 11.5 Å². The SMILES string of the molecule is Cc1ccc(-c2nc(CCN(C)C(=O)c3c(F)cccc3F)no2)cc1. The number of halogens is 2. The van der Waals surface area contributed by atoms with Gasteiger partial charge in [-0.3, -0.25) is 4.79 Å². The molecule has 1 heterocycles. The van der Waals surface area contributed by atoms with Crippen molar-refractivity contribution in [2.24, 2.45) is 0 Å². The largest absolute Gasteiger partial charge is 0.341 e. The third kappa shape index (κ3) is 3.77. The van der Waals surface area contributed by atoms with Crippen molar-refractivity contribution in [3.05, 3.63) is 71.1 Å². The number of nitrogens with zero attached hydrogens (tertiary/aromatic N) is 3. The molecule has 26 heavy (non-hydrogen) atoms. The molecule has 0 atom stereocenters. The number of carbonyl (C=O) groups excluding carboxylic acids is 1. The molecule has 0 aliphatic heterocycles. The summed E-state index contributed by atoms with van der Waals surface area (Å²) in [5, 5.41) is 3.88. The maximum absolute atomic E-state index is 13.7. The van der Waals surface area contributed by atoms with E-state index in [1.807, 2.05) is 31.2 Å². The van der Waals surface area contributed by atoms with Gasteiger partial charge >= 0.3 is 0 Å². The van der Waals surface area contributed by atoms with Crippen molar-refractivity contribution in [2.75, 3.05) is 13.6 Å². The van der Waals surface area contributed by atoms with Gasteiger partial charge in [-0.2, -0.15) is 4.98 Å². The minimum absolute atomic E-state index is 0.194. The van der Waals surface area contributed by atoms with E-state index >= 15 is 0 Å². The van der Waals surface area contributed by atoms with Crippen molar-refractivity contribution in [1.29, 1.82) is 0 Å². The topological polar surface area (TPSA) is 59.2 Å². The fourth-order valence-electron chi connectivity index (χ4n) is 2.43. The summed E-state index contributed by atoms with van der Waals surface area (Å²) in [6.07, 6.45) is 0.299. The first-order valence-electron chi connectivity index (χ1n) is 8.05. The fraction of sp³-hybridized carbons (Fsp3) is 0.211. The van der Waals surface area contributed by atoms with Gasteiger partial charge < -0.3 is 9.42 Å². The van der Waals surface area contributed by atoms with Crippen molar-refractivity contribution in [3.8, 4) is 11.5 Å². The monoisotopic (exact) mass is 357 g/mol. The van der Waals surface area contributed by atoms with Gasteiger partial charge in [0, 0.05) is 25.6 Å². The number of benzene rings is 2. The third-order valence-electron chi connectivity index (χ3n) is 3.96. The molecule has 1 amide bonds. The summed E-state index contributed by atoms with van der Waals surface area (Å²) in [6.45, 7) is 2.17. The van der Waals surface area contributed by atoms with Crippen LogP contribution < -0.4 is 0 Å². The Morgan fingerprint density at radius 2 is 1.77 bits per heavy atom. The Bertz CT molecular complexity index is 903. The van der Waals surface area contributed by atoms with Crippen molar-refractivity contribution in [3.63, 3.8) is 0 Å². The molecule has 1 aromatic heterocycles. The van der Waals surface area contributed by atoms with Crippen LogP contribution in [0.3, 0.4) is 0 Å². The average molecular weight is 357 g/mol. The number of likely N-dealkylation sites (N-methyl/N-ethyl adjacent to an activating group) is 1. The van der Waals surface area contributed by atoms with E-state index in [1.165, 1.54) is 18.0 Å². The highest BCUT2D eigenvalue weighted by molar-refractivity contribution is 5.94. The lowest BCUT2D eigenvalue weighted by Crippen LogP contribution is -2.30. The smallest absolute Gasteiger partial charge is 0.259 e. The molecule has 0 aliphatic rings. The first-order valence-corrected chi connectivity index (χ1v) is 8.05. The molecular formula is C19H17F2N3O2. The van der Waals surface area contributed by atoms with Crippen LogP contribution >= 0.6 is 0 Å². The van der Waals surface area contributed by atoms with Crippen LogP contribution in [0.4, 0.5) is 8.78 Å². The molecular weight excluding hydrogens is 340 g/mol. The highest BCUT2D eigenvalue weighted by Gasteiger charge is 2.21. The van der Waals surface area contributed by atoms with E-state index in [0.29, 0.717) is 18.1 Å². The van der Waals surface area contributed by atoms with Crippen LogP contribution in [-0.4, -0.2) is 34.5 Å². The minimum Gasteiger partial charge on any atom is -0.341 e. The van der Waals surface area contributed by atoms with Gasteiger partial charge in [0.1, 0.15) is 17.2 Å².